The Balaban J connectivity index is 2.31. The highest BCUT2D eigenvalue weighted by Crippen LogP contribution is 2.36. The monoisotopic (exact) mass is 238 g/mol. The van der Waals surface area contributed by atoms with E-state index in [2.05, 4.69) is 6.07 Å². The Kier molecular flexibility index (Phi) is 2.37. The van der Waals surface area contributed by atoms with E-state index in [1.165, 1.54) is 5.56 Å². The second-order valence-electron chi connectivity index (χ2n) is 4.67. The maximum absolute atomic E-state index is 9.99. The zero-order valence-electron chi connectivity index (χ0n) is 10.4. The van der Waals surface area contributed by atoms with Crippen LogP contribution in [0.15, 0.2) is 47.1 Å². The molecule has 0 saturated carbocycles. The molecule has 1 aromatic heterocycles. The molecule has 2 aromatic carbocycles. The van der Waals surface area contributed by atoms with Crippen molar-refractivity contribution in [3.63, 3.8) is 0 Å². The predicted molar refractivity (Wildman–Crippen MR) is 72.8 cm³/mol. The van der Waals surface area contributed by atoms with Crippen molar-refractivity contribution in [2.24, 2.45) is 0 Å². The number of furan rings is 1. The summed E-state index contributed by atoms with van der Waals surface area (Å²) in [6.45, 7) is 4.06. The summed E-state index contributed by atoms with van der Waals surface area (Å²) in [6, 6.07) is 11.6. The highest BCUT2D eigenvalue weighted by Gasteiger charge is 2.11. The Morgan fingerprint density at radius 2 is 1.61 bits per heavy atom. The summed E-state index contributed by atoms with van der Waals surface area (Å²) in [7, 11) is 0. The topological polar surface area (TPSA) is 33.4 Å². The average Bonchev–Trinajstić information content (AvgIpc) is 2.75. The van der Waals surface area contributed by atoms with Gasteiger partial charge in [0.2, 0.25) is 0 Å². The van der Waals surface area contributed by atoms with Crippen LogP contribution in [0, 0.1) is 13.8 Å². The third-order valence-corrected chi connectivity index (χ3v) is 3.17. The third kappa shape index (κ3) is 1.66. The minimum absolute atomic E-state index is 0.282. The Hall–Kier alpha value is -2.22. The zero-order valence-corrected chi connectivity index (χ0v) is 10.4. The SMILES string of the molecule is Cc1ccc(O)c(-c2coc3ccc(C)cc23)c1. The number of aryl methyl sites for hydroxylation is 2. The van der Waals surface area contributed by atoms with E-state index in [-0.39, 0.29) is 5.75 Å². The van der Waals surface area contributed by atoms with Gasteiger partial charge in [-0.3, -0.25) is 0 Å². The van der Waals surface area contributed by atoms with Gasteiger partial charge in [-0.1, -0.05) is 23.3 Å². The van der Waals surface area contributed by atoms with Crippen LogP contribution in [0.25, 0.3) is 22.1 Å². The fourth-order valence-corrected chi connectivity index (χ4v) is 2.22. The van der Waals surface area contributed by atoms with Crippen molar-refractivity contribution in [2.75, 3.05) is 0 Å². The highest BCUT2D eigenvalue weighted by molar-refractivity contribution is 5.95. The third-order valence-electron chi connectivity index (χ3n) is 3.17. The molecule has 0 amide bonds. The number of aromatic hydroxyl groups is 1. The Bertz CT molecular complexity index is 723. The van der Waals surface area contributed by atoms with Gasteiger partial charge in [-0.15, -0.1) is 0 Å². The van der Waals surface area contributed by atoms with Crippen LogP contribution in [-0.2, 0) is 0 Å². The number of rotatable bonds is 1. The van der Waals surface area contributed by atoms with Gasteiger partial charge >= 0.3 is 0 Å². The van der Waals surface area contributed by atoms with E-state index in [0.717, 1.165) is 27.7 Å². The van der Waals surface area contributed by atoms with Crippen molar-refractivity contribution < 1.29 is 9.52 Å². The summed E-state index contributed by atoms with van der Waals surface area (Å²) >= 11 is 0. The molecule has 0 radical (unpaired) electrons. The second-order valence-corrected chi connectivity index (χ2v) is 4.67. The Morgan fingerprint density at radius 3 is 2.44 bits per heavy atom. The maximum atomic E-state index is 9.99. The molecule has 18 heavy (non-hydrogen) atoms. The van der Waals surface area contributed by atoms with Gasteiger partial charge in [0.15, 0.2) is 0 Å². The van der Waals surface area contributed by atoms with Gasteiger partial charge in [0, 0.05) is 16.5 Å². The molecule has 90 valence electrons. The van der Waals surface area contributed by atoms with Gasteiger partial charge in [-0.05, 0) is 38.1 Å². The summed E-state index contributed by atoms with van der Waals surface area (Å²) < 4.78 is 5.54. The molecule has 0 unspecified atom stereocenters. The van der Waals surface area contributed by atoms with E-state index in [4.69, 9.17) is 4.42 Å². The number of fused-ring (bicyclic) bond motifs is 1. The van der Waals surface area contributed by atoms with Crippen LogP contribution in [0.2, 0.25) is 0 Å². The van der Waals surface area contributed by atoms with Gasteiger partial charge in [0.25, 0.3) is 0 Å². The smallest absolute Gasteiger partial charge is 0.134 e. The van der Waals surface area contributed by atoms with E-state index < -0.39 is 0 Å². The molecule has 3 rings (SSSR count). The summed E-state index contributed by atoms with van der Waals surface area (Å²) in [5, 5.41) is 11.0. The molecule has 2 heteroatoms. The lowest BCUT2D eigenvalue weighted by molar-refractivity contribution is 0.477. The van der Waals surface area contributed by atoms with E-state index in [0.29, 0.717) is 0 Å². The van der Waals surface area contributed by atoms with Crippen molar-refractivity contribution in [1.82, 2.24) is 0 Å². The number of benzene rings is 2. The molecule has 1 heterocycles. The summed E-state index contributed by atoms with van der Waals surface area (Å²) in [5.41, 5.74) is 4.90. The molecule has 0 aliphatic rings. The summed E-state index contributed by atoms with van der Waals surface area (Å²) in [5.74, 6) is 0.282. The number of hydrogen-bond donors (Lipinski definition) is 1. The fraction of sp³-hybridized carbons (Fsp3) is 0.125. The van der Waals surface area contributed by atoms with Crippen molar-refractivity contribution in [3.8, 4) is 16.9 Å². The number of hydrogen-bond acceptors (Lipinski definition) is 2. The van der Waals surface area contributed by atoms with Gasteiger partial charge in [-0.2, -0.15) is 0 Å². The van der Waals surface area contributed by atoms with Crippen LogP contribution < -0.4 is 0 Å². The molecule has 0 spiro atoms. The van der Waals surface area contributed by atoms with Gasteiger partial charge in [-0.25, -0.2) is 0 Å². The van der Waals surface area contributed by atoms with Crippen LogP contribution in [0.5, 0.6) is 5.75 Å². The van der Waals surface area contributed by atoms with Gasteiger partial charge in [0.1, 0.15) is 11.3 Å². The lowest BCUT2D eigenvalue weighted by Crippen LogP contribution is -1.80. The van der Waals surface area contributed by atoms with Crippen molar-refractivity contribution in [1.29, 1.82) is 0 Å². The van der Waals surface area contributed by atoms with E-state index in [1.807, 2.05) is 38.1 Å². The zero-order chi connectivity index (χ0) is 12.7. The van der Waals surface area contributed by atoms with E-state index in [1.54, 1.807) is 12.3 Å². The molecule has 1 N–H and O–H groups in total. The van der Waals surface area contributed by atoms with Crippen LogP contribution in [0.4, 0.5) is 0 Å². The normalized spacial score (nSPS) is 11.0. The largest absolute Gasteiger partial charge is 0.507 e. The van der Waals surface area contributed by atoms with Crippen LogP contribution in [-0.4, -0.2) is 5.11 Å². The molecule has 2 nitrogen and oxygen atoms in total. The minimum atomic E-state index is 0.282. The lowest BCUT2D eigenvalue weighted by Gasteiger charge is -2.04. The molecule has 0 bridgehead atoms. The first-order chi connectivity index (χ1) is 8.65. The molecular weight excluding hydrogens is 224 g/mol. The first-order valence-electron chi connectivity index (χ1n) is 5.93. The van der Waals surface area contributed by atoms with Crippen LogP contribution in [0.1, 0.15) is 11.1 Å². The second kappa shape index (κ2) is 3.91. The molecule has 0 atom stereocenters. The molecular formula is C16H14O2. The van der Waals surface area contributed by atoms with Gasteiger partial charge < -0.3 is 9.52 Å². The highest BCUT2D eigenvalue weighted by atomic mass is 16.3. The Labute approximate surface area is 105 Å². The maximum Gasteiger partial charge on any atom is 0.134 e. The molecule has 0 fully saturated rings. The van der Waals surface area contributed by atoms with Crippen molar-refractivity contribution in [3.05, 3.63) is 53.8 Å². The van der Waals surface area contributed by atoms with Gasteiger partial charge in [0.05, 0.1) is 6.26 Å². The first kappa shape index (κ1) is 10.9. The van der Waals surface area contributed by atoms with Crippen molar-refractivity contribution >= 4 is 11.0 Å². The summed E-state index contributed by atoms with van der Waals surface area (Å²) in [4.78, 5) is 0. The molecule has 0 aliphatic carbocycles. The number of phenolic OH excluding ortho intramolecular Hbond substituents is 1. The average molecular weight is 238 g/mol. The van der Waals surface area contributed by atoms with Crippen LogP contribution in [0.3, 0.4) is 0 Å². The molecule has 3 aromatic rings. The van der Waals surface area contributed by atoms with E-state index >= 15 is 0 Å². The minimum Gasteiger partial charge on any atom is -0.507 e. The first-order valence-corrected chi connectivity index (χ1v) is 5.93. The Morgan fingerprint density at radius 1 is 0.889 bits per heavy atom. The van der Waals surface area contributed by atoms with Crippen LogP contribution >= 0.6 is 0 Å². The lowest BCUT2D eigenvalue weighted by atomic mass is 10.0. The van der Waals surface area contributed by atoms with E-state index in [9.17, 15) is 5.11 Å². The number of phenols is 1. The fourth-order valence-electron chi connectivity index (χ4n) is 2.22. The standard InChI is InChI=1S/C16H14O2/c1-10-3-5-15(17)12(7-10)14-9-18-16-6-4-11(2)8-13(14)16/h3-9,17H,1-2H3. The molecule has 0 saturated heterocycles. The predicted octanol–water partition coefficient (Wildman–Crippen LogP) is 4.42. The summed E-state index contributed by atoms with van der Waals surface area (Å²) in [6.07, 6.45) is 1.71. The quantitative estimate of drug-likeness (QED) is 0.680. The molecule has 0 aliphatic heterocycles. The van der Waals surface area contributed by atoms with Crippen molar-refractivity contribution in [2.45, 2.75) is 13.8 Å².